The zero-order valence-electron chi connectivity index (χ0n) is 12.7. The highest BCUT2D eigenvalue weighted by atomic mass is 19.1. The predicted octanol–water partition coefficient (Wildman–Crippen LogP) is 2.50. The minimum absolute atomic E-state index is 0.141. The maximum atomic E-state index is 12.9. The molecule has 0 radical (unpaired) electrons. The molecule has 3 amide bonds. The first kappa shape index (κ1) is 16.1. The van der Waals surface area contributed by atoms with Crippen LogP contribution in [0.2, 0.25) is 0 Å². The third-order valence-electron chi connectivity index (χ3n) is 3.69. The van der Waals surface area contributed by atoms with Crippen LogP contribution in [-0.2, 0) is 0 Å². The van der Waals surface area contributed by atoms with E-state index in [1.165, 1.54) is 12.1 Å². The Labute approximate surface area is 128 Å². The van der Waals surface area contributed by atoms with Crippen LogP contribution in [0.4, 0.5) is 19.7 Å². The van der Waals surface area contributed by atoms with Crippen LogP contribution >= 0.6 is 0 Å². The van der Waals surface area contributed by atoms with E-state index in [1.807, 2.05) is 0 Å². The van der Waals surface area contributed by atoms with Crippen molar-refractivity contribution in [3.05, 3.63) is 30.1 Å². The van der Waals surface area contributed by atoms with Crippen molar-refractivity contribution in [1.29, 1.82) is 0 Å². The van der Waals surface area contributed by atoms with Gasteiger partial charge in [-0.25, -0.2) is 14.0 Å². The molecule has 1 aliphatic rings. The van der Waals surface area contributed by atoms with Crippen LogP contribution in [0.25, 0.3) is 0 Å². The van der Waals surface area contributed by atoms with Gasteiger partial charge in [0.2, 0.25) is 0 Å². The lowest BCUT2D eigenvalue weighted by atomic mass is 10.0. The fourth-order valence-electron chi connectivity index (χ4n) is 2.42. The van der Waals surface area contributed by atoms with Crippen LogP contribution in [0, 0.1) is 5.82 Å². The lowest BCUT2D eigenvalue weighted by Crippen LogP contribution is -2.45. The molecule has 0 saturated carbocycles. The number of carbonyl (C=O) groups excluding carboxylic acids is 1. The van der Waals surface area contributed by atoms with Gasteiger partial charge in [0.15, 0.2) is 0 Å². The number of nitrogens with zero attached hydrogens (tertiary/aromatic N) is 2. The average molecular weight is 309 g/mol. The highest BCUT2D eigenvalue weighted by Crippen LogP contribution is 2.21. The molecule has 0 bridgehead atoms. The van der Waals surface area contributed by atoms with Gasteiger partial charge < -0.3 is 15.3 Å². The van der Waals surface area contributed by atoms with Crippen molar-refractivity contribution in [3.8, 4) is 0 Å². The van der Waals surface area contributed by atoms with Gasteiger partial charge in [-0.1, -0.05) is 0 Å². The van der Waals surface area contributed by atoms with Crippen molar-refractivity contribution < 1.29 is 19.1 Å². The molecule has 22 heavy (non-hydrogen) atoms. The molecule has 1 heterocycles. The molecule has 1 aliphatic heterocycles. The maximum absolute atomic E-state index is 12.9. The van der Waals surface area contributed by atoms with Crippen molar-refractivity contribution >= 4 is 17.8 Å². The first-order chi connectivity index (χ1) is 10.3. The van der Waals surface area contributed by atoms with Gasteiger partial charge in [0.25, 0.3) is 0 Å². The summed E-state index contributed by atoms with van der Waals surface area (Å²) in [4.78, 5) is 26.3. The summed E-state index contributed by atoms with van der Waals surface area (Å²) in [6.45, 7) is 5.12. The zero-order valence-corrected chi connectivity index (χ0v) is 12.7. The number of hydrogen-bond donors (Lipinski definition) is 2. The molecular weight excluding hydrogens is 289 g/mol. The molecule has 1 aromatic rings. The normalized spacial score (nSPS) is 15.3. The van der Waals surface area contributed by atoms with Crippen LogP contribution in [-0.4, -0.2) is 47.3 Å². The quantitative estimate of drug-likeness (QED) is 0.877. The summed E-state index contributed by atoms with van der Waals surface area (Å²) in [6, 6.07) is 5.66. The molecule has 1 fully saturated rings. The number of anilines is 1. The second-order valence-electron chi connectivity index (χ2n) is 5.96. The Hall–Kier alpha value is -2.31. The number of nitrogens with one attached hydrogen (secondary N) is 1. The van der Waals surface area contributed by atoms with E-state index in [0.717, 1.165) is 0 Å². The Bertz CT molecular complexity index is 560. The smallest absolute Gasteiger partial charge is 0.405 e. The fraction of sp³-hybridized carbons (Fsp3) is 0.467. The minimum Gasteiger partial charge on any atom is -0.465 e. The molecule has 1 saturated heterocycles. The third kappa shape index (κ3) is 3.87. The Morgan fingerprint density at radius 1 is 1.32 bits per heavy atom. The molecule has 0 unspecified atom stereocenters. The Balaban J connectivity index is 1.94. The standard InChI is InChI=1S/C15H20FN3O3/c1-15(2,17-13(20)21)7-8-18-9-10-19(14(18)22)12-5-3-11(16)4-6-12/h3-6,17H,7-10H2,1-2H3,(H,20,21). The van der Waals surface area contributed by atoms with E-state index in [4.69, 9.17) is 5.11 Å². The largest absolute Gasteiger partial charge is 0.465 e. The van der Waals surface area contributed by atoms with Crippen LogP contribution in [0.5, 0.6) is 0 Å². The summed E-state index contributed by atoms with van der Waals surface area (Å²) in [5.41, 5.74) is 0.0619. The van der Waals surface area contributed by atoms with Crippen molar-refractivity contribution in [2.24, 2.45) is 0 Å². The number of rotatable bonds is 5. The second kappa shape index (κ2) is 6.21. The van der Waals surface area contributed by atoms with Crippen LogP contribution < -0.4 is 10.2 Å². The van der Waals surface area contributed by atoms with Gasteiger partial charge in [0.1, 0.15) is 5.82 Å². The predicted molar refractivity (Wildman–Crippen MR) is 80.6 cm³/mol. The van der Waals surface area contributed by atoms with Crippen LogP contribution in [0.1, 0.15) is 20.3 Å². The van der Waals surface area contributed by atoms with Crippen molar-refractivity contribution in [2.75, 3.05) is 24.5 Å². The number of carboxylic acid groups (broad SMARTS) is 1. The molecule has 2 N–H and O–H groups in total. The van der Waals surface area contributed by atoms with E-state index in [2.05, 4.69) is 5.32 Å². The summed E-state index contributed by atoms with van der Waals surface area (Å²) >= 11 is 0. The minimum atomic E-state index is -1.08. The van der Waals surface area contributed by atoms with Crippen molar-refractivity contribution in [2.45, 2.75) is 25.8 Å². The Morgan fingerprint density at radius 2 is 1.95 bits per heavy atom. The summed E-state index contributed by atoms with van der Waals surface area (Å²) in [5.74, 6) is -0.339. The highest BCUT2D eigenvalue weighted by Gasteiger charge is 2.31. The molecule has 6 nitrogen and oxygen atoms in total. The molecule has 1 aromatic carbocycles. The topological polar surface area (TPSA) is 72.9 Å². The van der Waals surface area contributed by atoms with E-state index in [1.54, 1.807) is 35.8 Å². The van der Waals surface area contributed by atoms with Crippen LogP contribution in [0.3, 0.4) is 0 Å². The van der Waals surface area contributed by atoms with E-state index >= 15 is 0 Å². The van der Waals surface area contributed by atoms with E-state index < -0.39 is 11.6 Å². The summed E-state index contributed by atoms with van der Waals surface area (Å²) in [6.07, 6.45) is -0.562. The SMILES string of the molecule is CC(C)(CCN1CCN(c2ccc(F)cc2)C1=O)NC(=O)O. The van der Waals surface area contributed by atoms with Gasteiger partial charge in [-0.15, -0.1) is 0 Å². The van der Waals surface area contributed by atoms with Gasteiger partial charge in [-0.3, -0.25) is 4.90 Å². The van der Waals surface area contributed by atoms with Gasteiger partial charge in [-0.05, 0) is 44.5 Å². The van der Waals surface area contributed by atoms with Crippen molar-refractivity contribution in [3.63, 3.8) is 0 Å². The molecular formula is C15H20FN3O3. The first-order valence-corrected chi connectivity index (χ1v) is 7.12. The zero-order chi connectivity index (χ0) is 16.3. The number of halogens is 1. The number of hydrogen-bond acceptors (Lipinski definition) is 2. The Kier molecular flexibility index (Phi) is 4.54. The summed E-state index contributed by atoms with van der Waals surface area (Å²) in [7, 11) is 0. The third-order valence-corrected chi connectivity index (χ3v) is 3.69. The Morgan fingerprint density at radius 3 is 2.55 bits per heavy atom. The van der Waals surface area contributed by atoms with Gasteiger partial charge in [0, 0.05) is 30.9 Å². The van der Waals surface area contributed by atoms with Crippen LogP contribution in [0.15, 0.2) is 24.3 Å². The van der Waals surface area contributed by atoms with E-state index in [-0.39, 0.29) is 11.8 Å². The number of urea groups is 1. The van der Waals surface area contributed by atoms with Crippen molar-refractivity contribution in [1.82, 2.24) is 10.2 Å². The molecule has 120 valence electrons. The molecule has 0 aliphatic carbocycles. The van der Waals surface area contributed by atoms with Gasteiger partial charge >= 0.3 is 12.1 Å². The summed E-state index contributed by atoms with van der Waals surface area (Å²) < 4.78 is 12.9. The second-order valence-corrected chi connectivity index (χ2v) is 5.96. The van der Waals surface area contributed by atoms with Gasteiger partial charge in [0.05, 0.1) is 0 Å². The van der Waals surface area contributed by atoms with E-state index in [0.29, 0.717) is 31.7 Å². The lowest BCUT2D eigenvalue weighted by molar-refractivity contribution is 0.177. The number of carbonyl (C=O) groups is 2. The first-order valence-electron chi connectivity index (χ1n) is 7.12. The fourth-order valence-corrected chi connectivity index (χ4v) is 2.42. The molecule has 0 aromatic heterocycles. The number of benzene rings is 1. The average Bonchev–Trinajstić information content (AvgIpc) is 2.77. The van der Waals surface area contributed by atoms with E-state index in [9.17, 15) is 14.0 Å². The molecule has 0 atom stereocenters. The maximum Gasteiger partial charge on any atom is 0.405 e. The lowest BCUT2D eigenvalue weighted by Gasteiger charge is -2.27. The van der Waals surface area contributed by atoms with Gasteiger partial charge in [-0.2, -0.15) is 0 Å². The molecule has 7 heteroatoms. The molecule has 0 spiro atoms. The number of amides is 3. The molecule has 2 rings (SSSR count). The highest BCUT2D eigenvalue weighted by molar-refractivity contribution is 5.94. The summed E-state index contributed by atoms with van der Waals surface area (Å²) in [5, 5.41) is 11.2. The monoisotopic (exact) mass is 309 g/mol.